The van der Waals surface area contributed by atoms with E-state index in [9.17, 15) is 8.42 Å². The zero-order valence-electron chi connectivity index (χ0n) is 12.7. The van der Waals surface area contributed by atoms with E-state index in [4.69, 9.17) is 9.47 Å². The average molecular weight is 447 g/mol. The second kappa shape index (κ2) is 8.62. The SMILES string of the molecule is COCCOCN(c1ccccc1I)S(=O)(=O)c1ccccc1. The third-order valence-corrected chi connectivity index (χ3v) is 5.76. The molecule has 2 aromatic carbocycles. The van der Waals surface area contributed by atoms with Gasteiger partial charge in [0.25, 0.3) is 10.0 Å². The van der Waals surface area contributed by atoms with Gasteiger partial charge in [0, 0.05) is 10.7 Å². The van der Waals surface area contributed by atoms with Crippen LogP contribution in [0, 0.1) is 3.57 Å². The lowest BCUT2D eigenvalue weighted by atomic mass is 10.3. The van der Waals surface area contributed by atoms with Crippen LogP contribution in [0.4, 0.5) is 5.69 Å². The van der Waals surface area contributed by atoms with E-state index in [2.05, 4.69) is 22.6 Å². The highest BCUT2D eigenvalue weighted by Crippen LogP contribution is 2.27. The maximum atomic E-state index is 13.0. The van der Waals surface area contributed by atoms with Crippen molar-refractivity contribution in [3.05, 3.63) is 58.2 Å². The molecule has 0 saturated heterocycles. The van der Waals surface area contributed by atoms with Gasteiger partial charge in [-0.05, 0) is 46.9 Å². The molecule has 0 fully saturated rings. The molecular weight excluding hydrogens is 429 g/mol. The zero-order chi connectivity index (χ0) is 16.7. The molecule has 7 heteroatoms. The summed E-state index contributed by atoms with van der Waals surface area (Å²) >= 11 is 2.12. The van der Waals surface area contributed by atoms with Gasteiger partial charge in [-0.3, -0.25) is 0 Å². The first-order valence-corrected chi connectivity index (χ1v) is 9.48. The van der Waals surface area contributed by atoms with Gasteiger partial charge in [0.1, 0.15) is 6.73 Å². The smallest absolute Gasteiger partial charge is 0.266 e. The van der Waals surface area contributed by atoms with Crippen molar-refractivity contribution in [3.63, 3.8) is 0 Å². The number of hydrogen-bond donors (Lipinski definition) is 0. The number of benzene rings is 2. The van der Waals surface area contributed by atoms with Gasteiger partial charge in [-0.1, -0.05) is 30.3 Å². The summed E-state index contributed by atoms with van der Waals surface area (Å²) in [7, 11) is -2.13. The Morgan fingerprint density at radius 2 is 1.65 bits per heavy atom. The predicted molar refractivity (Wildman–Crippen MR) is 98.0 cm³/mol. The van der Waals surface area contributed by atoms with Gasteiger partial charge in [-0.25, -0.2) is 12.7 Å². The summed E-state index contributed by atoms with van der Waals surface area (Å²) in [6.45, 7) is 0.659. The van der Waals surface area contributed by atoms with Crippen molar-refractivity contribution >= 4 is 38.3 Å². The van der Waals surface area contributed by atoms with Crippen LogP contribution in [0.3, 0.4) is 0 Å². The molecule has 5 nitrogen and oxygen atoms in total. The van der Waals surface area contributed by atoms with Crippen LogP contribution in [0.2, 0.25) is 0 Å². The minimum Gasteiger partial charge on any atom is -0.382 e. The third-order valence-electron chi connectivity index (χ3n) is 3.09. The Kier molecular flexibility index (Phi) is 6.82. The summed E-state index contributed by atoms with van der Waals surface area (Å²) in [6.07, 6.45) is 0. The highest BCUT2D eigenvalue weighted by atomic mass is 127. The van der Waals surface area contributed by atoms with Crippen molar-refractivity contribution in [2.45, 2.75) is 4.90 Å². The number of sulfonamides is 1. The lowest BCUT2D eigenvalue weighted by Gasteiger charge is -2.25. The first-order chi connectivity index (χ1) is 11.1. The van der Waals surface area contributed by atoms with Crippen molar-refractivity contribution < 1.29 is 17.9 Å². The molecule has 0 radical (unpaired) electrons. The van der Waals surface area contributed by atoms with Crippen LogP contribution in [0.5, 0.6) is 0 Å². The Bertz CT molecular complexity index is 722. The van der Waals surface area contributed by atoms with Crippen molar-refractivity contribution in [1.82, 2.24) is 0 Å². The average Bonchev–Trinajstić information content (AvgIpc) is 2.57. The van der Waals surface area contributed by atoms with E-state index < -0.39 is 10.0 Å². The van der Waals surface area contributed by atoms with E-state index in [1.165, 1.54) is 4.31 Å². The van der Waals surface area contributed by atoms with E-state index >= 15 is 0 Å². The van der Waals surface area contributed by atoms with Crippen molar-refractivity contribution in [3.8, 4) is 0 Å². The third kappa shape index (κ3) is 4.66. The quantitative estimate of drug-likeness (QED) is 0.355. The number of rotatable bonds is 8. The molecule has 124 valence electrons. The molecule has 0 heterocycles. The van der Waals surface area contributed by atoms with Crippen LogP contribution in [0.1, 0.15) is 0 Å². The van der Waals surface area contributed by atoms with Crippen LogP contribution < -0.4 is 4.31 Å². The lowest BCUT2D eigenvalue weighted by Crippen LogP contribution is -2.34. The van der Waals surface area contributed by atoms with Gasteiger partial charge < -0.3 is 9.47 Å². The maximum Gasteiger partial charge on any atom is 0.266 e. The fraction of sp³-hybridized carbons (Fsp3) is 0.250. The first-order valence-electron chi connectivity index (χ1n) is 6.96. The second-order valence-electron chi connectivity index (χ2n) is 4.65. The van der Waals surface area contributed by atoms with Gasteiger partial charge in [-0.2, -0.15) is 0 Å². The van der Waals surface area contributed by atoms with Gasteiger partial charge >= 0.3 is 0 Å². The number of hydrogen-bond acceptors (Lipinski definition) is 4. The Labute approximate surface area is 150 Å². The summed E-state index contributed by atoms with van der Waals surface area (Å²) < 4.78 is 38.4. The highest BCUT2D eigenvalue weighted by molar-refractivity contribution is 14.1. The van der Waals surface area contributed by atoms with Crippen molar-refractivity contribution in [2.75, 3.05) is 31.4 Å². The minimum absolute atomic E-state index is 0.0688. The molecule has 0 bridgehead atoms. The number of nitrogens with zero attached hydrogens (tertiary/aromatic N) is 1. The largest absolute Gasteiger partial charge is 0.382 e. The lowest BCUT2D eigenvalue weighted by molar-refractivity contribution is 0.0756. The molecule has 0 atom stereocenters. The molecule has 0 aliphatic heterocycles. The summed E-state index contributed by atoms with van der Waals surface area (Å²) in [6, 6.07) is 15.6. The van der Waals surface area contributed by atoms with Gasteiger partial charge in [-0.15, -0.1) is 0 Å². The predicted octanol–water partition coefficient (Wildman–Crippen LogP) is 3.11. The summed E-state index contributed by atoms with van der Waals surface area (Å²) in [5.41, 5.74) is 0.592. The molecule has 23 heavy (non-hydrogen) atoms. The second-order valence-corrected chi connectivity index (χ2v) is 7.67. The van der Waals surface area contributed by atoms with E-state index in [0.29, 0.717) is 18.9 Å². The summed E-state index contributed by atoms with van der Waals surface area (Å²) in [5.74, 6) is 0. The fourth-order valence-corrected chi connectivity index (χ4v) is 4.16. The number of methoxy groups -OCH3 is 1. The molecule has 2 aromatic rings. The zero-order valence-corrected chi connectivity index (χ0v) is 15.7. The van der Waals surface area contributed by atoms with Gasteiger partial charge in [0.15, 0.2) is 0 Å². The molecule has 0 aromatic heterocycles. The minimum atomic E-state index is -3.70. The molecule has 0 aliphatic rings. The van der Waals surface area contributed by atoms with Crippen molar-refractivity contribution in [2.24, 2.45) is 0 Å². The Morgan fingerprint density at radius 3 is 2.30 bits per heavy atom. The molecule has 0 spiro atoms. The van der Waals surface area contributed by atoms with E-state index in [0.717, 1.165) is 3.57 Å². The topological polar surface area (TPSA) is 55.8 Å². The number of halogens is 1. The van der Waals surface area contributed by atoms with E-state index in [1.54, 1.807) is 49.6 Å². The summed E-state index contributed by atoms with van der Waals surface area (Å²) in [5, 5.41) is 0. The van der Waals surface area contributed by atoms with Crippen LogP contribution in [0.25, 0.3) is 0 Å². The van der Waals surface area contributed by atoms with Crippen LogP contribution in [-0.2, 0) is 19.5 Å². The standard InChI is InChI=1S/C16H18INO4S/c1-21-11-12-22-13-18(16-10-6-5-9-15(16)17)23(19,20)14-7-3-2-4-8-14/h2-10H,11-13H2,1H3. The molecule has 0 amide bonds. The van der Waals surface area contributed by atoms with E-state index in [-0.39, 0.29) is 11.6 Å². The first kappa shape index (κ1) is 18.2. The van der Waals surface area contributed by atoms with Crippen LogP contribution >= 0.6 is 22.6 Å². The maximum absolute atomic E-state index is 13.0. The fourth-order valence-electron chi connectivity index (χ4n) is 1.93. The summed E-state index contributed by atoms with van der Waals surface area (Å²) in [4.78, 5) is 0.231. The normalized spacial score (nSPS) is 11.4. The molecule has 0 saturated carbocycles. The Balaban J connectivity index is 2.35. The Morgan fingerprint density at radius 1 is 1.00 bits per heavy atom. The number of para-hydroxylation sites is 1. The van der Waals surface area contributed by atoms with Crippen molar-refractivity contribution in [1.29, 1.82) is 0 Å². The number of ether oxygens (including phenoxy) is 2. The number of anilines is 1. The van der Waals surface area contributed by atoms with Crippen LogP contribution in [-0.4, -0.2) is 35.5 Å². The molecule has 0 N–H and O–H groups in total. The molecule has 0 aliphatic carbocycles. The molecular formula is C16H18INO4S. The van der Waals surface area contributed by atoms with E-state index in [1.807, 2.05) is 12.1 Å². The molecule has 0 unspecified atom stereocenters. The van der Waals surface area contributed by atoms with Crippen LogP contribution in [0.15, 0.2) is 59.5 Å². The van der Waals surface area contributed by atoms with Gasteiger partial charge in [0.2, 0.25) is 0 Å². The highest BCUT2D eigenvalue weighted by Gasteiger charge is 2.26. The monoisotopic (exact) mass is 447 g/mol. The van der Waals surface area contributed by atoms with Gasteiger partial charge in [0.05, 0.1) is 23.8 Å². The molecule has 2 rings (SSSR count). The Hall–Kier alpha value is -1.16.